The van der Waals surface area contributed by atoms with Crippen molar-refractivity contribution in [1.82, 2.24) is 4.90 Å². The van der Waals surface area contributed by atoms with Crippen LogP contribution < -0.4 is 9.64 Å². The number of ether oxygens (including phenoxy) is 1. The van der Waals surface area contributed by atoms with Gasteiger partial charge in [0.1, 0.15) is 10.8 Å². The Kier molecular flexibility index (Phi) is 5.40. The molecule has 132 valence electrons. The quantitative estimate of drug-likeness (QED) is 0.800. The molecule has 1 amide bonds. The third kappa shape index (κ3) is 3.86. The van der Waals surface area contributed by atoms with Gasteiger partial charge < -0.3 is 14.5 Å². The lowest BCUT2D eigenvalue weighted by molar-refractivity contribution is -0.138. The van der Waals surface area contributed by atoms with Gasteiger partial charge in [-0.25, -0.2) is 0 Å². The van der Waals surface area contributed by atoms with Crippen molar-refractivity contribution in [2.24, 2.45) is 0 Å². The van der Waals surface area contributed by atoms with E-state index in [4.69, 9.17) is 27.9 Å². The third-order valence-corrected chi connectivity index (χ3v) is 5.15. The number of rotatable bonds is 3. The SMILES string of the molecule is CC(Oc1cccc(Cl)c1Cl)C(=O)N1CCN(C)c2ccccc2C1. The van der Waals surface area contributed by atoms with E-state index in [-0.39, 0.29) is 5.91 Å². The first kappa shape index (κ1) is 17.9. The molecule has 1 heterocycles. The number of carbonyl (C=O) groups is 1. The van der Waals surface area contributed by atoms with Crippen molar-refractivity contribution in [2.45, 2.75) is 19.6 Å². The smallest absolute Gasteiger partial charge is 0.263 e. The molecule has 0 aromatic heterocycles. The van der Waals surface area contributed by atoms with E-state index >= 15 is 0 Å². The second-order valence-electron chi connectivity index (χ2n) is 6.12. The molecule has 4 nitrogen and oxygen atoms in total. The first-order chi connectivity index (χ1) is 12.0. The summed E-state index contributed by atoms with van der Waals surface area (Å²) in [5, 5.41) is 0.730. The number of halogens is 2. The normalized spacial score (nSPS) is 15.4. The van der Waals surface area contributed by atoms with Gasteiger partial charge in [-0.1, -0.05) is 47.5 Å². The molecule has 3 rings (SSSR count). The Labute approximate surface area is 157 Å². The number of carbonyl (C=O) groups excluding carboxylic acids is 1. The molecule has 0 aliphatic carbocycles. The van der Waals surface area contributed by atoms with Gasteiger partial charge in [0.2, 0.25) is 0 Å². The predicted molar refractivity (Wildman–Crippen MR) is 102 cm³/mol. The second-order valence-corrected chi connectivity index (χ2v) is 6.91. The van der Waals surface area contributed by atoms with Crippen molar-refractivity contribution in [3.63, 3.8) is 0 Å². The topological polar surface area (TPSA) is 32.8 Å². The first-order valence-corrected chi connectivity index (χ1v) is 8.91. The van der Waals surface area contributed by atoms with Crippen molar-refractivity contribution >= 4 is 34.8 Å². The van der Waals surface area contributed by atoms with Crippen molar-refractivity contribution in [3.05, 3.63) is 58.1 Å². The Balaban J connectivity index is 1.75. The summed E-state index contributed by atoms with van der Waals surface area (Å²) in [5.74, 6) is 0.350. The van der Waals surface area contributed by atoms with Crippen LogP contribution in [0.2, 0.25) is 10.0 Å². The lowest BCUT2D eigenvalue weighted by Crippen LogP contribution is -2.41. The molecule has 0 saturated heterocycles. The van der Waals surface area contributed by atoms with Crippen LogP contribution >= 0.6 is 23.2 Å². The van der Waals surface area contributed by atoms with Crippen LogP contribution in [0.4, 0.5) is 5.69 Å². The summed E-state index contributed by atoms with van der Waals surface area (Å²) in [6.07, 6.45) is -0.647. The van der Waals surface area contributed by atoms with Gasteiger partial charge in [0, 0.05) is 32.4 Å². The molecular formula is C19H20Cl2N2O2. The molecule has 0 saturated carbocycles. The monoisotopic (exact) mass is 378 g/mol. The zero-order valence-corrected chi connectivity index (χ0v) is 15.7. The molecule has 0 N–H and O–H groups in total. The zero-order valence-electron chi connectivity index (χ0n) is 14.2. The standard InChI is InChI=1S/C19H20Cl2N2O2/c1-13(25-17-9-5-7-15(20)18(17)21)19(24)23-11-10-22(2)16-8-4-3-6-14(16)12-23/h3-9,13H,10-12H2,1-2H3. The van der Waals surface area contributed by atoms with Gasteiger partial charge in [0.05, 0.1) is 5.02 Å². The molecule has 1 aliphatic heterocycles. The van der Waals surface area contributed by atoms with Gasteiger partial charge in [-0.3, -0.25) is 4.79 Å². The van der Waals surface area contributed by atoms with Gasteiger partial charge >= 0.3 is 0 Å². The highest BCUT2D eigenvalue weighted by atomic mass is 35.5. The van der Waals surface area contributed by atoms with E-state index in [1.54, 1.807) is 25.1 Å². The lowest BCUT2D eigenvalue weighted by Gasteiger charge is -2.25. The fraction of sp³-hybridized carbons (Fsp3) is 0.316. The van der Waals surface area contributed by atoms with E-state index in [1.165, 1.54) is 0 Å². The molecule has 0 spiro atoms. The maximum Gasteiger partial charge on any atom is 0.263 e. The third-order valence-electron chi connectivity index (χ3n) is 4.35. The van der Waals surface area contributed by atoms with Crippen LogP contribution in [0.25, 0.3) is 0 Å². The number of hydrogen-bond donors (Lipinski definition) is 0. The average Bonchev–Trinajstić information content (AvgIpc) is 2.78. The minimum atomic E-state index is -0.647. The molecule has 1 aliphatic rings. The summed E-state index contributed by atoms with van der Waals surface area (Å²) < 4.78 is 5.78. The summed E-state index contributed by atoms with van der Waals surface area (Å²) in [5.41, 5.74) is 2.29. The molecule has 1 atom stereocenters. The minimum absolute atomic E-state index is 0.0684. The van der Waals surface area contributed by atoms with Crippen LogP contribution in [-0.2, 0) is 11.3 Å². The van der Waals surface area contributed by atoms with Crippen LogP contribution in [0.3, 0.4) is 0 Å². The van der Waals surface area contributed by atoms with Gasteiger partial charge in [0.25, 0.3) is 5.91 Å². The van der Waals surface area contributed by atoms with Crippen molar-refractivity contribution in [1.29, 1.82) is 0 Å². The van der Waals surface area contributed by atoms with E-state index in [0.717, 1.165) is 17.8 Å². The Bertz CT molecular complexity index is 782. The highest BCUT2D eigenvalue weighted by Crippen LogP contribution is 2.32. The maximum atomic E-state index is 12.9. The molecule has 2 aromatic carbocycles. The molecule has 0 fully saturated rings. The molecule has 6 heteroatoms. The molecule has 1 unspecified atom stereocenters. The Morgan fingerprint density at radius 1 is 1.12 bits per heavy atom. The maximum absolute atomic E-state index is 12.9. The summed E-state index contributed by atoms with van der Waals surface area (Å²) >= 11 is 12.2. The number of amides is 1. The fourth-order valence-electron chi connectivity index (χ4n) is 2.95. The van der Waals surface area contributed by atoms with Crippen molar-refractivity contribution in [2.75, 3.05) is 25.0 Å². The number of hydrogen-bond acceptors (Lipinski definition) is 3. The van der Waals surface area contributed by atoms with E-state index in [1.807, 2.05) is 24.1 Å². The van der Waals surface area contributed by atoms with Crippen molar-refractivity contribution < 1.29 is 9.53 Å². The summed E-state index contributed by atoms with van der Waals surface area (Å²) in [6.45, 7) is 3.71. The van der Waals surface area contributed by atoms with Gasteiger partial charge in [-0.05, 0) is 30.7 Å². The lowest BCUT2D eigenvalue weighted by atomic mass is 10.1. The second kappa shape index (κ2) is 7.54. The summed E-state index contributed by atoms with van der Waals surface area (Å²) in [6, 6.07) is 13.3. The molecule has 25 heavy (non-hydrogen) atoms. The largest absolute Gasteiger partial charge is 0.479 e. The van der Waals surface area contributed by atoms with Crippen LogP contribution in [0, 0.1) is 0 Å². The Morgan fingerprint density at radius 2 is 1.88 bits per heavy atom. The van der Waals surface area contributed by atoms with E-state index in [9.17, 15) is 4.79 Å². The molecule has 0 bridgehead atoms. The number of nitrogens with zero attached hydrogens (tertiary/aromatic N) is 2. The number of anilines is 1. The van der Waals surface area contributed by atoms with Crippen LogP contribution in [0.1, 0.15) is 12.5 Å². The molecular weight excluding hydrogens is 359 g/mol. The number of likely N-dealkylation sites (N-methyl/N-ethyl adjacent to an activating group) is 1. The fourth-order valence-corrected chi connectivity index (χ4v) is 3.29. The summed E-state index contributed by atoms with van der Waals surface area (Å²) in [7, 11) is 2.04. The Hall–Kier alpha value is -1.91. The average molecular weight is 379 g/mol. The predicted octanol–water partition coefficient (Wildman–Crippen LogP) is 4.24. The van der Waals surface area contributed by atoms with E-state index in [0.29, 0.717) is 28.9 Å². The number of para-hydroxylation sites is 1. The van der Waals surface area contributed by atoms with Crippen LogP contribution in [0.15, 0.2) is 42.5 Å². The van der Waals surface area contributed by atoms with Crippen LogP contribution in [0.5, 0.6) is 5.75 Å². The van der Waals surface area contributed by atoms with E-state index in [2.05, 4.69) is 17.0 Å². The molecule has 2 aromatic rings. The zero-order chi connectivity index (χ0) is 18.0. The highest BCUT2D eigenvalue weighted by molar-refractivity contribution is 6.42. The Morgan fingerprint density at radius 3 is 2.68 bits per heavy atom. The highest BCUT2D eigenvalue weighted by Gasteiger charge is 2.26. The number of fused-ring (bicyclic) bond motifs is 1. The minimum Gasteiger partial charge on any atom is -0.479 e. The van der Waals surface area contributed by atoms with Gasteiger partial charge in [0.15, 0.2) is 6.10 Å². The van der Waals surface area contributed by atoms with Gasteiger partial charge in [-0.15, -0.1) is 0 Å². The van der Waals surface area contributed by atoms with Crippen LogP contribution in [-0.4, -0.2) is 37.0 Å². The first-order valence-electron chi connectivity index (χ1n) is 8.16. The van der Waals surface area contributed by atoms with E-state index < -0.39 is 6.10 Å². The molecule has 0 radical (unpaired) electrons. The number of benzene rings is 2. The summed E-state index contributed by atoms with van der Waals surface area (Å²) in [4.78, 5) is 16.9. The van der Waals surface area contributed by atoms with Gasteiger partial charge in [-0.2, -0.15) is 0 Å². The van der Waals surface area contributed by atoms with Crippen molar-refractivity contribution in [3.8, 4) is 5.75 Å².